The van der Waals surface area contributed by atoms with Gasteiger partial charge in [0.05, 0.1) is 0 Å². The second kappa shape index (κ2) is 5.51. The van der Waals surface area contributed by atoms with Crippen molar-refractivity contribution >= 4 is 29.0 Å². The molecule has 0 saturated heterocycles. The number of hydrogen-bond acceptors (Lipinski definition) is 1. The second-order valence-electron chi connectivity index (χ2n) is 3.85. The van der Waals surface area contributed by atoms with Gasteiger partial charge >= 0.3 is 0 Å². The zero-order valence-corrected chi connectivity index (χ0v) is 10.8. The highest BCUT2D eigenvalue weighted by Crippen LogP contribution is 2.22. The fraction of sp³-hybridized carbons (Fsp3) is 0.0714. The van der Waals surface area contributed by atoms with Gasteiger partial charge in [0, 0.05) is 22.0 Å². The number of carbonyl (C=O) groups excluding carboxylic acids is 1. The Morgan fingerprint density at radius 1 is 1.11 bits per heavy atom. The number of rotatable bonds is 3. The molecule has 0 aromatic heterocycles. The normalized spacial score (nSPS) is 10.4. The van der Waals surface area contributed by atoms with Crippen LogP contribution in [0.25, 0.3) is 0 Å². The number of ketones is 1. The van der Waals surface area contributed by atoms with E-state index >= 15 is 0 Å². The highest BCUT2D eigenvalue weighted by atomic mass is 35.5. The smallest absolute Gasteiger partial charge is 0.167 e. The summed E-state index contributed by atoms with van der Waals surface area (Å²) in [6.45, 7) is 0. The summed E-state index contributed by atoms with van der Waals surface area (Å²) in [5.74, 6) is -0.628. The maximum Gasteiger partial charge on any atom is 0.167 e. The van der Waals surface area contributed by atoms with Gasteiger partial charge in [-0.05, 0) is 35.9 Å². The van der Waals surface area contributed by atoms with Crippen molar-refractivity contribution in [2.24, 2.45) is 0 Å². The fourth-order valence-electron chi connectivity index (χ4n) is 1.62. The van der Waals surface area contributed by atoms with Crippen LogP contribution in [0.15, 0.2) is 42.5 Å². The van der Waals surface area contributed by atoms with Crippen LogP contribution in [0, 0.1) is 5.82 Å². The minimum Gasteiger partial charge on any atom is -0.294 e. The lowest BCUT2D eigenvalue weighted by molar-refractivity contribution is 0.0992. The predicted octanol–water partition coefficient (Wildman–Crippen LogP) is 4.56. The van der Waals surface area contributed by atoms with Crippen LogP contribution in [0.4, 0.5) is 4.39 Å². The molecule has 0 aliphatic heterocycles. The molecule has 2 aromatic rings. The molecule has 0 amide bonds. The first kappa shape index (κ1) is 13.1. The van der Waals surface area contributed by atoms with Crippen molar-refractivity contribution in [1.82, 2.24) is 0 Å². The molecule has 4 heteroatoms. The number of hydrogen-bond donors (Lipinski definition) is 0. The summed E-state index contributed by atoms with van der Waals surface area (Å²) >= 11 is 11.8. The summed E-state index contributed by atoms with van der Waals surface area (Å²) in [6.07, 6.45) is 0.100. The molecular weight excluding hydrogens is 274 g/mol. The molecule has 2 rings (SSSR count). The van der Waals surface area contributed by atoms with Crippen LogP contribution >= 0.6 is 23.2 Å². The van der Waals surface area contributed by atoms with E-state index in [1.807, 2.05) is 0 Å². The molecule has 0 unspecified atom stereocenters. The van der Waals surface area contributed by atoms with E-state index in [1.54, 1.807) is 24.3 Å². The van der Waals surface area contributed by atoms with Gasteiger partial charge in [-0.2, -0.15) is 0 Å². The summed E-state index contributed by atoms with van der Waals surface area (Å²) in [6, 6.07) is 10.5. The number of benzene rings is 2. The Balaban J connectivity index is 2.24. The minimum absolute atomic E-state index is 0.100. The SMILES string of the molecule is O=C(Cc1cc(Cl)ccc1Cl)c1cccc(F)c1. The molecule has 0 bridgehead atoms. The van der Waals surface area contributed by atoms with Gasteiger partial charge in [0.1, 0.15) is 5.82 Å². The van der Waals surface area contributed by atoms with E-state index in [9.17, 15) is 9.18 Å². The highest BCUT2D eigenvalue weighted by molar-refractivity contribution is 6.33. The van der Waals surface area contributed by atoms with Gasteiger partial charge in [-0.1, -0.05) is 35.3 Å². The molecule has 0 radical (unpaired) electrons. The van der Waals surface area contributed by atoms with Crippen molar-refractivity contribution in [2.45, 2.75) is 6.42 Å². The summed E-state index contributed by atoms with van der Waals surface area (Å²) in [7, 11) is 0. The first-order valence-electron chi connectivity index (χ1n) is 5.29. The Bertz CT molecular complexity index is 596. The maximum absolute atomic E-state index is 13.0. The summed E-state index contributed by atoms with van der Waals surface area (Å²) in [5, 5.41) is 0.991. The molecule has 0 aliphatic rings. The number of halogens is 3. The standard InChI is InChI=1S/C14H9Cl2FO/c15-11-4-5-13(16)10(6-11)8-14(18)9-2-1-3-12(17)7-9/h1-7H,8H2. The minimum atomic E-state index is -0.432. The van der Waals surface area contributed by atoms with Crippen LogP contribution < -0.4 is 0 Å². The second-order valence-corrected chi connectivity index (χ2v) is 4.69. The Kier molecular flexibility index (Phi) is 4.00. The lowest BCUT2D eigenvalue weighted by Crippen LogP contribution is -2.04. The predicted molar refractivity (Wildman–Crippen MR) is 70.9 cm³/mol. The van der Waals surface area contributed by atoms with Crippen LogP contribution in [-0.2, 0) is 6.42 Å². The van der Waals surface area contributed by atoms with Crippen molar-refractivity contribution in [3.8, 4) is 0 Å². The first-order valence-corrected chi connectivity index (χ1v) is 6.04. The number of carbonyl (C=O) groups is 1. The Morgan fingerprint density at radius 3 is 2.61 bits per heavy atom. The summed E-state index contributed by atoms with van der Waals surface area (Å²) in [4.78, 5) is 12.0. The quantitative estimate of drug-likeness (QED) is 0.755. The topological polar surface area (TPSA) is 17.1 Å². The van der Waals surface area contributed by atoms with E-state index in [0.717, 1.165) is 0 Å². The molecule has 0 aliphatic carbocycles. The Labute approximate surface area is 114 Å². The zero-order valence-electron chi connectivity index (χ0n) is 9.29. The first-order chi connectivity index (χ1) is 8.56. The van der Waals surface area contributed by atoms with Crippen molar-refractivity contribution in [1.29, 1.82) is 0 Å². The molecule has 2 aromatic carbocycles. The molecule has 0 saturated carbocycles. The Morgan fingerprint density at radius 2 is 1.89 bits per heavy atom. The van der Waals surface area contributed by atoms with E-state index < -0.39 is 5.82 Å². The number of Topliss-reactive ketones (excluding diaryl/α,β-unsaturated/α-hetero) is 1. The van der Waals surface area contributed by atoms with Crippen LogP contribution in [0.1, 0.15) is 15.9 Å². The average Bonchev–Trinajstić information content (AvgIpc) is 2.34. The molecule has 0 spiro atoms. The van der Waals surface area contributed by atoms with Crippen molar-refractivity contribution < 1.29 is 9.18 Å². The summed E-state index contributed by atoms with van der Waals surface area (Å²) in [5.41, 5.74) is 0.962. The monoisotopic (exact) mass is 282 g/mol. The molecule has 92 valence electrons. The van der Waals surface area contributed by atoms with Gasteiger partial charge in [0.25, 0.3) is 0 Å². The van der Waals surface area contributed by atoms with E-state index in [1.165, 1.54) is 18.2 Å². The van der Waals surface area contributed by atoms with Gasteiger partial charge in [-0.3, -0.25) is 4.79 Å². The molecule has 1 nitrogen and oxygen atoms in total. The summed E-state index contributed by atoms with van der Waals surface area (Å²) < 4.78 is 13.0. The molecule has 0 heterocycles. The average molecular weight is 283 g/mol. The lowest BCUT2D eigenvalue weighted by Gasteiger charge is -2.04. The fourth-order valence-corrected chi connectivity index (χ4v) is 1.99. The lowest BCUT2D eigenvalue weighted by atomic mass is 10.0. The zero-order chi connectivity index (χ0) is 13.1. The van der Waals surface area contributed by atoms with Gasteiger partial charge < -0.3 is 0 Å². The van der Waals surface area contributed by atoms with E-state index in [2.05, 4.69) is 0 Å². The van der Waals surface area contributed by atoms with E-state index in [-0.39, 0.29) is 12.2 Å². The van der Waals surface area contributed by atoms with Crippen molar-refractivity contribution in [2.75, 3.05) is 0 Å². The van der Waals surface area contributed by atoms with Crippen molar-refractivity contribution in [3.63, 3.8) is 0 Å². The van der Waals surface area contributed by atoms with Crippen LogP contribution in [0.5, 0.6) is 0 Å². The third kappa shape index (κ3) is 3.09. The molecule has 0 atom stereocenters. The van der Waals surface area contributed by atoms with Crippen LogP contribution in [0.2, 0.25) is 10.0 Å². The van der Waals surface area contributed by atoms with E-state index in [4.69, 9.17) is 23.2 Å². The molecule has 0 N–H and O–H groups in total. The molecule has 18 heavy (non-hydrogen) atoms. The maximum atomic E-state index is 13.0. The van der Waals surface area contributed by atoms with Gasteiger partial charge in [-0.15, -0.1) is 0 Å². The largest absolute Gasteiger partial charge is 0.294 e. The highest BCUT2D eigenvalue weighted by Gasteiger charge is 2.10. The molecular formula is C14H9Cl2FO. The van der Waals surface area contributed by atoms with Crippen molar-refractivity contribution in [3.05, 3.63) is 69.5 Å². The Hall–Kier alpha value is -1.38. The van der Waals surface area contributed by atoms with Crippen LogP contribution in [-0.4, -0.2) is 5.78 Å². The third-order valence-electron chi connectivity index (χ3n) is 2.51. The molecule has 0 fully saturated rings. The van der Waals surface area contributed by atoms with Gasteiger partial charge in [-0.25, -0.2) is 4.39 Å². The third-order valence-corrected chi connectivity index (χ3v) is 3.11. The van der Waals surface area contributed by atoms with Gasteiger partial charge in [0.15, 0.2) is 5.78 Å². The van der Waals surface area contributed by atoms with E-state index in [0.29, 0.717) is 21.2 Å². The van der Waals surface area contributed by atoms with Gasteiger partial charge in [0.2, 0.25) is 0 Å². The van der Waals surface area contributed by atoms with Crippen LogP contribution in [0.3, 0.4) is 0 Å².